The SMILES string of the molecule is NC(=O)c1oc2ccccc2c1NC(=O)[C@H]1COc2ccccc2O1. The summed E-state index contributed by atoms with van der Waals surface area (Å²) in [6.45, 7) is 0.0601. The Kier molecular flexibility index (Phi) is 3.53. The van der Waals surface area contributed by atoms with Gasteiger partial charge in [0.15, 0.2) is 11.5 Å². The summed E-state index contributed by atoms with van der Waals surface area (Å²) in [7, 11) is 0. The molecule has 0 unspecified atom stereocenters. The molecule has 3 N–H and O–H groups in total. The van der Waals surface area contributed by atoms with Gasteiger partial charge in [-0.3, -0.25) is 9.59 Å². The third kappa shape index (κ3) is 2.65. The number of nitrogens with one attached hydrogen (secondary N) is 1. The number of nitrogens with two attached hydrogens (primary N) is 1. The summed E-state index contributed by atoms with van der Waals surface area (Å²) >= 11 is 0. The van der Waals surface area contributed by atoms with Crippen LogP contribution in [0.2, 0.25) is 0 Å². The van der Waals surface area contributed by atoms with Crippen molar-refractivity contribution in [2.24, 2.45) is 5.73 Å². The van der Waals surface area contributed by atoms with Crippen LogP contribution in [0.25, 0.3) is 11.0 Å². The number of primary amides is 1. The molecule has 0 fully saturated rings. The van der Waals surface area contributed by atoms with E-state index in [0.29, 0.717) is 22.5 Å². The number of hydrogen-bond donors (Lipinski definition) is 2. The number of ether oxygens (including phenoxy) is 2. The number of benzene rings is 2. The number of rotatable bonds is 3. The van der Waals surface area contributed by atoms with Crippen molar-refractivity contribution in [2.75, 3.05) is 11.9 Å². The quantitative estimate of drug-likeness (QED) is 0.763. The van der Waals surface area contributed by atoms with Crippen molar-refractivity contribution < 1.29 is 23.5 Å². The van der Waals surface area contributed by atoms with Gasteiger partial charge >= 0.3 is 0 Å². The Balaban J connectivity index is 1.62. The third-order valence-corrected chi connectivity index (χ3v) is 3.87. The highest BCUT2D eigenvalue weighted by Crippen LogP contribution is 2.33. The minimum absolute atomic E-state index is 0.0601. The Morgan fingerprint density at radius 3 is 2.56 bits per heavy atom. The maximum atomic E-state index is 12.6. The van der Waals surface area contributed by atoms with Crippen LogP contribution in [0.1, 0.15) is 10.6 Å². The lowest BCUT2D eigenvalue weighted by atomic mass is 10.2. The Morgan fingerprint density at radius 2 is 1.76 bits per heavy atom. The van der Waals surface area contributed by atoms with Gasteiger partial charge < -0.3 is 24.9 Å². The molecule has 2 heterocycles. The number of para-hydroxylation sites is 3. The molecule has 25 heavy (non-hydrogen) atoms. The molecular formula is C18H14N2O5. The zero-order valence-electron chi connectivity index (χ0n) is 13.0. The second kappa shape index (κ2) is 5.86. The fourth-order valence-electron chi connectivity index (χ4n) is 2.70. The number of fused-ring (bicyclic) bond motifs is 2. The lowest BCUT2D eigenvalue weighted by Gasteiger charge is -2.25. The maximum Gasteiger partial charge on any atom is 0.286 e. The highest BCUT2D eigenvalue weighted by Gasteiger charge is 2.29. The summed E-state index contributed by atoms with van der Waals surface area (Å²) in [5.41, 5.74) is 6.04. The normalized spacial score (nSPS) is 15.8. The molecule has 126 valence electrons. The first-order valence-corrected chi connectivity index (χ1v) is 7.64. The average Bonchev–Trinajstić information content (AvgIpc) is 3.00. The number of furan rings is 1. The predicted octanol–water partition coefficient (Wildman–Crippen LogP) is 2.31. The molecular weight excluding hydrogens is 324 g/mol. The standard InChI is InChI=1S/C18H14N2O5/c19-17(21)16-15(10-5-1-2-6-11(10)25-16)20-18(22)14-9-23-12-7-3-4-8-13(12)24-14/h1-8,14H,9H2,(H2,19,21)(H,20,22)/t14-/m1/s1. The maximum absolute atomic E-state index is 12.6. The van der Waals surface area contributed by atoms with Gasteiger partial charge in [-0.05, 0) is 24.3 Å². The molecule has 1 aromatic heterocycles. The van der Waals surface area contributed by atoms with Gasteiger partial charge in [0.25, 0.3) is 11.8 Å². The number of anilines is 1. The molecule has 1 aliphatic heterocycles. The van der Waals surface area contributed by atoms with Crippen molar-refractivity contribution in [1.29, 1.82) is 0 Å². The van der Waals surface area contributed by atoms with Gasteiger partial charge in [0.2, 0.25) is 11.9 Å². The van der Waals surface area contributed by atoms with Crippen LogP contribution in [0.5, 0.6) is 11.5 Å². The molecule has 0 spiro atoms. The summed E-state index contributed by atoms with van der Waals surface area (Å²) in [4.78, 5) is 24.2. The number of carbonyl (C=O) groups is 2. The van der Waals surface area contributed by atoms with Crippen LogP contribution in [0.4, 0.5) is 5.69 Å². The van der Waals surface area contributed by atoms with E-state index in [1.54, 1.807) is 42.5 Å². The fourth-order valence-corrected chi connectivity index (χ4v) is 2.70. The van der Waals surface area contributed by atoms with Gasteiger partial charge in [0.1, 0.15) is 17.9 Å². The van der Waals surface area contributed by atoms with Gasteiger partial charge in [0.05, 0.1) is 0 Å². The molecule has 4 rings (SSSR count). The monoisotopic (exact) mass is 338 g/mol. The molecule has 0 bridgehead atoms. The van der Waals surface area contributed by atoms with Gasteiger partial charge in [0, 0.05) is 5.39 Å². The molecule has 1 atom stereocenters. The topological polar surface area (TPSA) is 104 Å². The molecule has 1 aliphatic rings. The molecule has 2 aromatic carbocycles. The molecule has 7 nitrogen and oxygen atoms in total. The van der Waals surface area contributed by atoms with E-state index in [9.17, 15) is 9.59 Å². The number of hydrogen-bond acceptors (Lipinski definition) is 5. The van der Waals surface area contributed by atoms with E-state index >= 15 is 0 Å². The highest BCUT2D eigenvalue weighted by molar-refractivity contribution is 6.11. The summed E-state index contributed by atoms with van der Waals surface area (Å²) in [5.74, 6) is -0.257. The van der Waals surface area contributed by atoms with Crippen LogP contribution in [0, 0.1) is 0 Å². The van der Waals surface area contributed by atoms with Crippen LogP contribution in [-0.2, 0) is 4.79 Å². The first kappa shape index (κ1) is 15.1. The second-order valence-corrected chi connectivity index (χ2v) is 5.52. The lowest BCUT2D eigenvalue weighted by Crippen LogP contribution is -2.40. The van der Waals surface area contributed by atoms with Crippen LogP contribution < -0.4 is 20.5 Å². The van der Waals surface area contributed by atoms with E-state index in [-0.39, 0.29) is 18.1 Å². The van der Waals surface area contributed by atoms with E-state index in [1.165, 1.54) is 0 Å². The van der Waals surface area contributed by atoms with Gasteiger partial charge in [-0.1, -0.05) is 24.3 Å². The van der Waals surface area contributed by atoms with Crippen LogP contribution in [0.3, 0.4) is 0 Å². The summed E-state index contributed by atoms with van der Waals surface area (Å²) in [5, 5.41) is 3.26. The lowest BCUT2D eigenvalue weighted by molar-refractivity contribution is -0.125. The number of carbonyl (C=O) groups excluding carboxylic acids is 2. The third-order valence-electron chi connectivity index (χ3n) is 3.87. The molecule has 7 heteroatoms. The second-order valence-electron chi connectivity index (χ2n) is 5.52. The predicted molar refractivity (Wildman–Crippen MR) is 89.7 cm³/mol. The first-order chi connectivity index (χ1) is 12.1. The van der Waals surface area contributed by atoms with Gasteiger partial charge in [-0.15, -0.1) is 0 Å². The molecule has 0 aliphatic carbocycles. The Labute approximate surface area is 142 Å². The smallest absolute Gasteiger partial charge is 0.286 e. The van der Waals surface area contributed by atoms with Crippen LogP contribution in [0.15, 0.2) is 52.9 Å². The van der Waals surface area contributed by atoms with Gasteiger partial charge in [-0.2, -0.15) is 0 Å². The summed E-state index contributed by atoms with van der Waals surface area (Å²) in [6.07, 6.45) is -0.857. The van der Waals surface area contributed by atoms with E-state index < -0.39 is 17.9 Å². The van der Waals surface area contributed by atoms with Crippen molar-refractivity contribution >= 4 is 28.5 Å². The molecule has 3 aromatic rings. The Bertz CT molecular complexity index is 979. The van der Waals surface area contributed by atoms with Crippen molar-refractivity contribution in [3.63, 3.8) is 0 Å². The van der Waals surface area contributed by atoms with Crippen molar-refractivity contribution in [2.45, 2.75) is 6.10 Å². The van der Waals surface area contributed by atoms with Crippen molar-refractivity contribution in [3.8, 4) is 11.5 Å². The molecule has 2 amide bonds. The van der Waals surface area contributed by atoms with E-state index in [2.05, 4.69) is 5.32 Å². The van der Waals surface area contributed by atoms with E-state index in [4.69, 9.17) is 19.6 Å². The molecule has 0 saturated carbocycles. The largest absolute Gasteiger partial charge is 0.485 e. The first-order valence-electron chi connectivity index (χ1n) is 7.64. The fraction of sp³-hybridized carbons (Fsp3) is 0.111. The zero-order valence-corrected chi connectivity index (χ0v) is 13.0. The molecule has 0 radical (unpaired) electrons. The van der Waals surface area contributed by atoms with Gasteiger partial charge in [-0.25, -0.2) is 0 Å². The average molecular weight is 338 g/mol. The minimum Gasteiger partial charge on any atom is -0.485 e. The van der Waals surface area contributed by atoms with Crippen LogP contribution >= 0.6 is 0 Å². The summed E-state index contributed by atoms with van der Waals surface area (Å²) < 4.78 is 16.7. The van der Waals surface area contributed by atoms with Crippen LogP contribution in [-0.4, -0.2) is 24.5 Å². The zero-order chi connectivity index (χ0) is 17.4. The molecule has 0 saturated heterocycles. The van der Waals surface area contributed by atoms with E-state index in [1.807, 2.05) is 6.07 Å². The highest BCUT2D eigenvalue weighted by atomic mass is 16.6. The number of amides is 2. The van der Waals surface area contributed by atoms with Crippen molar-refractivity contribution in [3.05, 3.63) is 54.3 Å². The Hall–Kier alpha value is -3.48. The van der Waals surface area contributed by atoms with E-state index in [0.717, 1.165) is 0 Å². The summed E-state index contributed by atoms with van der Waals surface area (Å²) in [6, 6.07) is 14.0. The minimum atomic E-state index is -0.857. The van der Waals surface area contributed by atoms with Crippen molar-refractivity contribution in [1.82, 2.24) is 0 Å². The Morgan fingerprint density at radius 1 is 1.04 bits per heavy atom.